The molecular formula is C20H16F3NO4. The van der Waals surface area contributed by atoms with Crippen molar-refractivity contribution in [3.63, 3.8) is 0 Å². The molecule has 0 amide bonds. The van der Waals surface area contributed by atoms with Crippen molar-refractivity contribution in [3.8, 4) is 17.2 Å². The van der Waals surface area contributed by atoms with Gasteiger partial charge in [0.15, 0.2) is 0 Å². The fraction of sp³-hybridized carbons (Fsp3) is 0.150. The predicted octanol–water partition coefficient (Wildman–Crippen LogP) is 4.78. The summed E-state index contributed by atoms with van der Waals surface area (Å²) in [5.74, 6) is 0.303. The Hall–Kier alpha value is -3.42. The Kier molecular flexibility index (Phi) is 5.30. The van der Waals surface area contributed by atoms with Crippen LogP contribution >= 0.6 is 0 Å². The van der Waals surface area contributed by atoms with E-state index >= 15 is 0 Å². The zero-order valence-electron chi connectivity index (χ0n) is 14.7. The van der Waals surface area contributed by atoms with Gasteiger partial charge in [0.05, 0.1) is 11.3 Å². The van der Waals surface area contributed by atoms with Crippen LogP contribution in [0.3, 0.4) is 0 Å². The summed E-state index contributed by atoms with van der Waals surface area (Å²) in [6.07, 6.45) is -4.52. The van der Waals surface area contributed by atoms with Gasteiger partial charge in [-0.2, -0.15) is 13.2 Å². The van der Waals surface area contributed by atoms with E-state index in [0.717, 1.165) is 6.07 Å². The zero-order chi connectivity index (χ0) is 20.3. The van der Waals surface area contributed by atoms with Gasteiger partial charge in [0.25, 0.3) is 5.56 Å². The molecule has 2 aromatic carbocycles. The number of rotatable bonds is 5. The molecule has 0 aliphatic rings. The van der Waals surface area contributed by atoms with Crippen molar-refractivity contribution in [2.24, 2.45) is 0 Å². The first-order valence-electron chi connectivity index (χ1n) is 8.23. The highest BCUT2D eigenvalue weighted by Gasteiger charge is 2.34. The molecule has 3 rings (SSSR count). The van der Waals surface area contributed by atoms with E-state index in [0.29, 0.717) is 16.0 Å². The number of halogens is 3. The molecule has 0 radical (unpaired) electrons. The minimum atomic E-state index is -4.52. The van der Waals surface area contributed by atoms with Gasteiger partial charge in [0, 0.05) is 6.07 Å². The highest BCUT2D eigenvalue weighted by Crippen LogP contribution is 2.38. The average Bonchev–Trinajstić information content (AvgIpc) is 2.64. The summed E-state index contributed by atoms with van der Waals surface area (Å²) in [4.78, 5) is 11.5. The number of nitrogens with zero attached hydrogens (tertiary/aromatic N) is 1. The summed E-state index contributed by atoms with van der Waals surface area (Å²) in [7, 11) is 0. The third-order valence-electron chi connectivity index (χ3n) is 3.86. The van der Waals surface area contributed by atoms with Crippen molar-refractivity contribution < 1.29 is 27.9 Å². The van der Waals surface area contributed by atoms with Crippen molar-refractivity contribution in [1.29, 1.82) is 0 Å². The molecule has 0 saturated heterocycles. The van der Waals surface area contributed by atoms with Crippen LogP contribution in [0.2, 0.25) is 0 Å². The normalized spacial score (nSPS) is 11.3. The third kappa shape index (κ3) is 4.46. The number of alkyl halides is 3. The Balaban J connectivity index is 1.71. The molecule has 0 aliphatic carbocycles. The van der Waals surface area contributed by atoms with Gasteiger partial charge < -0.3 is 14.7 Å². The third-order valence-corrected chi connectivity index (χ3v) is 3.86. The topological polar surface area (TPSA) is 60.7 Å². The summed E-state index contributed by atoms with van der Waals surface area (Å²) in [5.41, 5.74) is -0.480. The van der Waals surface area contributed by atoms with Gasteiger partial charge in [0.1, 0.15) is 23.9 Å². The van der Waals surface area contributed by atoms with Gasteiger partial charge >= 0.3 is 6.18 Å². The molecular weight excluding hydrogens is 375 g/mol. The highest BCUT2D eigenvalue weighted by molar-refractivity contribution is 5.40. The van der Waals surface area contributed by atoms with Crippen molar-refractivity contribution in [3.05, 3.63) is 87.8 Å². The van der Waals surface area contributed by atoms with Crippen molar-refractivity contribution in [2.75, 3.05) is 0 Å². The van der Waals surface area contributed by atoms with Gasteiger partial charge in [-0.25, -0.2) is 0 Å². The molecule has 1 heterocycles. The molecule has 0 aliphatic heterocycles. The number of ether oxygens (including phenoxy) is 2. The number of aryl methyl sites for hydroxylation is 1. The Morgan fingerprint density at radius 3 is 2.32 bits per heavy atom. The van der Waals surface area contributed by atoms with Gasteiger partial charge in [-0.1, -0.05) is 12.1 Å². The standard InChI is InChI=1S/C20H16F3NO4/c1-13-10-14(24(26)19(25)11-13)12-27-15-6-8-16(9-7-15)28-18-5-3-2-4-17(18)20(21,22)23/h2-11,26H,12H2,1H3. The molecule has 0 spiro atoms. The van der Waals surface area contributed by atoms with Crippen LogP contribution in [0.4, 0.5) is 13.2 Å². The van der Waals surface area contributed by atoms with Crippen molar-refractivity contribution in [1.82, 2.24) is 4.73 Å². The van der Waals surface area contributed by atoms with Gasteiger partial charge in [-0.3, -0.25) is 4.79 Å². The van der Waals surface area contributed by atoms with E-state index < -0.39 is 17.3 Å². The number of benzene rings is 2. The van der Waals surface area contributed by atoms with E-state index in [9.17, 15) is 23.2 Å². The van der Waals surface area contributed by atoms with Crippen LogP contribution in [0.1, 0.15) is 16.8 Å². The Morgan fingerprint density at radius 2 is 1.64 bits per heavy atom. The molecule has 146 valence electrons. The van der Waals surface area contributed by atoms with Crippen LogP contribution in [0.15, 0.2) is 65.5 Å². The van der Waals surface area contributed by atoms with Crippen LogP contribution < -0.4 is 15.0 Å². The molecule has 1 N–H and O–H groups in total. The molecule has 3 aromatic rings. The first kappa shape index (κ1) is 19.3. The molecule has 28 heavy (non-hydrogen) atoms. The summed E-state index contributed by atoms with van der Waals surface area (Å²) >= 11 is 0. The Labute approximate surface area is 158 Å². The maximum Gasteiger partial charge on any atom is 0.419 e. The van der Waals surface area contributed by atoms with Crippen LogP contribution in [-0.4, -0.2) is 9.94 Å². The fourth-order valence-corrected chi connectivity index (χ4v) is 2.54. The van der Waals surface area contributed by atoms with E-state index in [1.165, 1.54) is 48.5 Å². The first-order valence-corrected chi connectivity index (χ1v) is 8.23. The number of pyridine rings is 1. The lowest BCUT2D eigenvalue weighted by molar-refractivity contribution is -0.138. The SMILES string of the molecule is Cc1cc(COc2ccc(Oc3ccccc3C(F)(F)F)cc2)n(O)c(=O)c1. The van der Waals surface area contributed by atoms with Crippen LogP contribution in [0, 0.1) is 6.92 Å². The number of hydrogen-bond donors (Lipinski definition) is 1. The lowest BCUT2D eigenvalue weighted by atomic mass is 10.2. The lowest BCUT2D eigenvalue weighted by Crippen LogP contribution is -2.21. The first-order chi connectivity index (χ1) is 13.2. The molecule has 0 bridgehead atoms. The minimum Gasteiger partial charge on any atom is -0.487 e. The van der Waals surface area contributed by atoms with Crippen LogP contribution in [-0.2, 0) is 12.8 Å². The maximum atomic E-state index is 13.0. The van der Waals surface area contributed by atoms with E-state index in [-0.39, 0.29) is 23.8 Å². The van der Waals surface area contributed by atoms with E-state index in [4.69, 9.17) is 9.47 Å². The zero-order valence-corrected chi connectivity index (χ0v) is 14.7. The minimum absolute atomic E-state index is 0.0649. The molecule has 0 unspecified atom stereocenters. The van der Waals surface area contributed by atoms with Crippen molar-refractivity contribution in [2.45, 2.75) is 19.7 Å². The summed E-state index contributed by atoms with van der Waals surface area (Å²) in [6.45, 7) is 1.65. The molecule has 5 nitrogen and oxygen atoms in total. The fourth-order valence-electron chi connectivity index (χ4n) is 2.54. The van der Waals surface area contributed by atoms with Gasteiger partial charge in [0.2, 0.25) is 0 Å². The Morgan fingerprint density at radius 1 is 1.00 bits per heavy atom. The Bertz CT molecular complexity index is 1030. The number of aromatic nitrogens is 1. The maximum absolute atomic E-state index is 13.0. The quantitative estimate of drug-likeness (QED) is 0.636. The van der Waals surface area contributed by atoms with Gasteiger partial charge in [-0.15, -0.1) is 4.73 Å². The molecule has 0 saturated carbocycles. The lowest BCUT2D eigenvalue weighted by Gasteiger charge is -2.14. The predicted molar refractivity (Wildman–Crippen MR) is 94.9 cm³/mol. The summed E-state index contributed by atoms with van der Waals surface area (Å²) in [6, 6.07) is 13.8. The molecule has 8 heteroatoms. The number of para-hydroxylation sites is 1. The largest absolute Gasteiger partial charge is 0.487 e. The summed E-state index contributed by atoms with van der Waals surface area (Å²) < 4.78 is 50.4. The van der Waals surface area contributed by atoms with E-state index in [1.807, 2.05) is 0 Å². The molecule has 0 fully saturated rings. The molecule has 0 atom stereocenters. The van der Waals surface area contributed by atoms with E-state index in [1.54, 1.807) is 13.0 Å². The average molecular weight is 391 g/mol. The number of hydrogen-bond acceptors (Lipinski definition) is 4. The second-order valence-corrected chi connectivity index (χ2v) is 6.03. The smallest absolute Gasteiger partial charge is 0.419 e. The van der Waals surface area contributed by atoms with E-state index in [2.05, 4.69) is 0 Å². The van der Waals surface area contributed by atoms with Crippen molar-refractivity contribution >= 4 is 0 Å². The second-order valence-electron chi connectivity index (χ2n) is 6.03. The summed E-state index contributed by atoms with van der Waals surface area (Å²) in [5, 5.41) is 9.71. The second kappa shape index (κ2) is 7.67. The monoisotopic (exact) mass is 391 g/mol. The van der Waals surface area contributed by atoms with Gasteiger partial charge in [-0.05, 0) is 55.0 Å². The highest BCUT2D eigenvalue weighted by atomic mass is 19.4. The molecule has 1 aromatic heterocycles. The van der Waals surface area contributed by atoms with Crippen LogP contribution in [0.5, 0.6) is 17.2 Å². The van der Waals surface area contributed by atoms with Crippen LogP contribution in [0.25, 0.3) is 0 Å².